The van der Waals surface area contributed by atoms with Crippen molar-refractivity contribution in [2.45, 2.75) is 88.5 Å². The normalized spacial score (nSPS) is 16.8. The Morgan fingerprint density at radius 3 is 2.44 bits per heavy atom. The van der Waals surface area contributed by atoms with Crippen LogP contribution in [-0.2, 0) is 29.5 Å². The van der Waals surface area contributed by atoms with Crippen molar-refractivity contribution in [3.05, 3.63) is 84.3 Å². The molecule has 15 heteroatoms. The third-order valence-corrected chi connectivity index (χ3v) is 8.01. The molecule has 48 heavy (non-hydrogen) atoms. The van der Waals surface area contributed by atoms with Gasteiger partial charge in [0, 0.05) is 18.1 Å². The first-order valence-corrected chi connectivity index (χ1v) is 15.2. The van der Waals surface area contributed by atoms with E-state index in [2.05, 4.69) is 33.7 Å². The second kappa shape index (κ2) is 14.4. The fourth-order valence-electron chi connectivity index (χ4n) is 5.81. The summed E-state index contributed by atoms with van der Waals surface area (Å²) in [5, 5.41) is 19.2. The third kappa shape index (κ3) is 8.17. The monoisotopic (exact) mass is 681 g/mol. The third-order valence-electron chi connectivity index (χ3n) is 8.01. The highest BCUT2D eigenvalue weighted by atomic mass is 19.4. The van der Waals surface area contributed by atoms with Crippen molar-refractivity contribution in [3.63, 3.8) is 0 Å². The number of alkyl halides is 6. The molecule has 9 nitrogen and oxygen atoms in total. The van der Waals surface area contributed by atoms with Gasteiger partial charge < -0.3 is 24.5 Å². The van der Waals surface area contributed by atoms with Crippen molar-refractivity contribution in [1.82, 2.24) is 20.5 Å². The van der Waals surface area contributed by atoms with Gasteiger partial charge in [0.25, 0.3) is 11.8 Å². The number of pyridine rings is 1. The summed E-state index contributed by atoms with van der Waals surface area (Å²) in [5.41, 5.74) is -5.59. The van der Waals surface area contributed by atoms with E-state index in [1.807, 2.05) is 0 Å². The van der Waals surface area contributed by atoms with Gasteiger partial charge in [0.05, 0.1) is 12.2 Å². The molecule has 2 aromatic heterocycles. The maximum absolute atomic E-state index is 15.0. The topological polar surface area (TPSA) is 114 Å². The molecule has 1 aromatic carbocycles. The Bertz CT molecular complexity index is 1590. The highest BCUT2D eigenvalue weighted by Crippen LogP contribution is 2.47. The zero-order valence-electron chi connectivity index (χ0n) is 26.5. The second-order valence-electron chi connectivity index (χ2n) is 12.2. The van der Waals surface area contributed by atoms with Gasteiger partial charge in [-0.3, -0.25) is 0 Å². The molecule has 2 N–H and O–H groups in total. The lowest BCUT2D eigenvalue weighted by Gasteiger charge is -2.32. The predicted octanol–water partition coefficient (Wildman–Crippen LogP) is 8.22. The van der Waals surface area contributed by atoms with Crippen LogP contribution in [0.1, 0.15) is 68.5 Å². The van der Waals surface area contributed by atoms with Gasteiger partial charge in [-0.2, -0.15) is 26.3 Å². The van der Waals surface area contributed by atoms with Crippen LogP contribution in [0.4, 0.5) is 37.0 Å². The predicted molar refractivity (Wildman–Crippen MR) is 165 cm³/mol. The van der Waals surface area contributed by atoms with Gasteiger partial charge in [-0.05, 0) is 69.6 Å². The van der Waals surface area contributed by atoms with E-state index in [9.17, 15) is 36.2 Å². The maximum atomic E-state index is 15.0. The lowest BCUT2D eigenvalue weighted by Crippen LogP contribution is -2.45. The van der Waals surface area contributed by atoms with Crippen molar-refractivity contribution in [2.75, 3.05) is 11.4 Å². The summed E-state index contributed by atoms with van der Waals surface area (Å²) in [6.45, 7) is 9.86. The molecule has 2 atom stereocenters. The minimum atomic E-state index is -5.07. The highest BCUT2D eigenvalue weighted by Gasteiger charge is 2.61. The van der Waals surface area contributed by atoms with Crippen LogP contribution in [0.25, 0.3) is 11.6 Å². The van der Waals surface area contributed by atoms with E-state index in [1.54, 1.807) is 36.4 Å². The molecule has 4 rings (SSSR count). The molecular weight excluding hydrogens is 644 g/mol. The summed E-state index contributed by atoms with van der Waals surface area (Å²) in [6.07, 6.45) is -8.21. The van der Waals surface area contributed by atoms with Crippen LogP contribution >= 0.6 is 0 Å². The van der Waals surface area contributed by atoms with Gasteiger partial charge in [0.1, 0.15) is 11.5 Å². The standard InChI is InChI=1S/C33H37F6N5O4/c1-5-7-16-31(33(37,38)39,47-20-21-13-9-8-10-14-21)28-43-42-27(48-28)25-22(19-30(3,4)41-29(45)46)18-24(32(34,35)36)26(40-25)44-17-11-15-23(44)12-6-2/h5-6,8-10,13-14,18,23,41H,1-2,7,11-12,15-17,19-20H2,3-4H3,(H,45,46)/t23-,31?/m1/s1. The Labute approximate surface area is 273 Å². The Morgan fingerprint density at radius 1 is 1.12 bits per heavy atom. The molecule has 1 fully saturated rings. The molecule has 1 aliphatic heterocycles. The number of benzene rings is 1. The fraction of sp³-hybridized carbons (Fsp3) is 0.455. The summed E-state index contributed by atoms with van der Waals surface area (Å²) in [7, 11) is 0. The second-order valence-corrected chi connectivity index (χ2v) is 12.2. The molecule has 3 aromatic rings. The summed E-state index contributed by atoms with van der Waals surface area (Å²) < 4.78 is 100. The number of allylic oxidation sites excluding steroid dienone is 1. The zero-order valence-corrected chi connectivity index (χ0v) is 26.5. The first-order chi connectivity index (χ1) is 22.5. The van der Waals surface area contributed by atoms with E-state index in [-0.39, 0.29) is 36.7 Å². The molecule has 1 saturated heterocycles. The van der Waals surface area contributed by atoms with Crippen molar-refractivity contribution in [2.24, 2.45) is 0 Å². The van der Waals surface area contributed by atoms with Crippen LogP contribution in [-0.4, -0.2) is 50.7 Å². The van der Waals surface area contributed by atoms with Crippen LogP contribution in [0, 0.1) is 0 Å². The van der Waals surface area contributed by atoms with Crippen molar-refractivity contribution in [3.8, 4) is 11.6 Å². The number of ether oxygens (including phenoxy) is 1. The van der Waals surface area contributed by atoms with Crippen LogP contribution in [0.3, 0.4) is 0 Å². The maximum Gasteiger partial charge on any atom is 0.426 e. The molecule has 0 spiro atoms. The molecule has 3 heterocycles. The molecule has 1 unspecified atom stereocenters. The van der Waals surface area contributed by atoms with Gasteiger partial charge in [-0.25, -0.2) is 9.78 Å². The Kier molecular flexibility index (Phi) is 10.9. The van der Waals surface area contributed by atoms with Crippen LogP contribution in [0.15, 0.2) is 66.1 Å². The number of rotatable bonds is 14. The molecule has 0 radical (unpaired) electrons. The van der Waals surface area contributed by atoms with Gasteiger partial charge >= 0.3 is 18.4 Å². The number of nitrogens with zero attached hydrogens (tertiary/aromatic N) is 4. The summed E-state index contributed by atoms with van der Waals surface area (Å²) >= 11 is 0. The number of hydrogen-bond acceptors (Lipinski definition) is 7. The van der Waals surface area contributed by atoms with E-state index in [4.69, 9.17) is 9.15 Å². The number of hydrogen-bond donors (Lipinski definition) is 2. The number of amides is 1. The molecule has 1 aliphatic rings. The lowest BCUT2D eigenvalue weighted by atomic mass is 9.92. The average molecular weight is 682 g/mol. The molecular formula is C33H37F6N5O4. The van der Waals surface area contributed by atoms with Gasteiger partial charge in [0.2, 0.25) is 5.60 Å². The quantitative estimate of drug-likeness (QED) is 0.129. The van der Waals surface area contributed by atoms with Gasteiger partial charge in [-0.15, -0.1) is 23.4 Å². The van der Waals surface area contributed by atoms with Crippen LogP contribution in [0.2, 0.25) is 0 Å². The lowest BCUT2D eigenvalue weighted by molar-refractivity contribution is -0.299. The number of carbonyl (C=O) groups is 1. The van der Waals surface area contributed by atoms with Gasteiger partial charge in [-0.1, -0.05) is 42.5 Å². The molecule has 0 aliphatic carbocycles. The van der Waals surface area contributed by atoms with E-state index in [0.717, 1.165) is 6.07 Å². The van der Waals surface area contributed by atoms with Gasteiger partial charge in [0.15, 0.2) is 0 Å². The summed E-state index contributed by atoms with van der Waals surface area (Å²) in [4.78, 5) is 17.3. The largest absolute Gasteiger partial charge is 0.465 e. The van der Waals surface area contributed by atoms with Crippen molar-refractivity contribution < 1.29 is 45.4 Å². The van der Waals surface area contributed by atoms with E-state index < -0.39 is 65.8 Å². The summed E-state index contributed by atoms with van der Waals surface area (Å²) in [6, 6.07) is 8.59. The SMILES string of the molecule is C=CCCC(OCc1ccccc1)(c1nnc(-c2nc(N3CCC[C@H]3CC=C)c(C(F)(F)F)cc2CC(C)(C)NC(=O)O)o1)C(F)(F)F. The first-order valence-electron chi connectivity index (χ1n) is 15.2. The Balaban J connectivity index is 1.92. The number of nitrogens with one attached hydrogen (secondary N) is 1. The van der Waals surface area contributed by atoms with E-state index in [0.29, 0.717) is 24.8 Å². The smallest absolute Gasteiger partial charge is 0.426 e. The molecule has 1 amide bonds. The molecule has 0 saturated carbocycles. The van der Waals surface area contributed by atoms with E-state index >= 15 is 0 Å². The van der Waals surface area contributed by atoms with E-state index in [1.165, 1.54) is 24.8 Å². The summed E-state index contributed by atoms with van der Waals surface area (Å²) in [5.74, 6) is -2.01. The number of halogens is 6. The number of anilines is 1. The number of carboxylic acid groups (broad SMARTS) is 1. The average Bonchev–Trinajstić information content (AvgIpc) is 3.66. The first kappa shape index (κ1) is 36.4. The molecule has 0 bridgehead atoms. The Morgan fingerprint density at radius 2 is 1.83 bits per heavy atom. The van der Waals surface area contributed by atoms with Crippen LogP contribution < -0.4 is 10.2 Å². The minimum Gasteiger partial charge on any atom is -0.465 e. The Hall–Kier alpha value is -4.40. The number of aromatic nitrogens is 3. The minimum absolute atomic E-state index is 0.158. The zero-order chi connectivity index (χ0) is 35.3. The highest BCUT2D eigenvalue weighted by molar-refractivity contribution is 5.66. The molecule has 260 valence electrons. The fourth-order valence-corrected chi connectivity index (χ4v) is 5.81. The van der Waals surface area contributed by atoms with Crippen molar-refractivity contribution >= 4 is 11.9 Å². The van der Waals surface area contributed by atoms with Crippen molar-refractivity contribution in [1.29, 1.82) is 0 Å². The van der Waals surface area contributed by atoms with Crippen LogP contribution in [0.5, 0.6) is 0 Å².